The molecule has 2 N–H and O–H groups in total. The zero-order valence-electron chi connectivity index (χ0n) is 14.3. The number of ether oxygens (including phenoxy) is 2. The van der Waals surface area contributed by atoms with Gasteiger partial charge < -0.3 is 20.1 Å². The van der Waals surface area contributed by atoms with E-state index < -0.39 is 5.82 Å². The highest BCUT2D eigenvalue weighted by molar-refractivity contribution is 5.94. The van der Waals surface area contributed by atoms with Gasteiger partial charge in [-0.25, -0.2) is 4.39 Å². The molecule has 136 valence electrons. The first kappa shape index (κ1) is 17.7. The molecule has 1 aliphatic rings. The summed E-state index contributed by atoms with van der Waals surface area (Å²) in [7, 11) is 1.50. The van der Waals surface area contributed by atoms with Crippen LogP contribution in [-0.2, 0) is 9.59 Å². The van der Waals surface area contributed by atoms with E-state index >= 15 is 0 Å². The second-order valence-corrected chi connectivity index (χ2v) is 5.93. The van der Waals surface area contributed by atoms with Crippen LogP contribution in [0.2, 0.25) is 0 Å². The highest BCUT2D eigenvalue weighted by Crippen LogP contribution is 2.33. The first-order chi connectivity index (χ1) is 12.6. The molecule has 1 fully saturated rings. The number of methoxy groups -OCH3 is 1. The number of para-hydroxylation sites is 2. The van der Waals surface area contributed by atoms with Crippen LogP contribution in [0.25, 0.3) is 0 Å². The molecule has 0 aliphatic carbocycles. The predicted octanol–water partition coefficient (Wildman–Crippen LogP) is 3.09. The molecule has 0 bridgehead atoms. The average Bonchev–Trinajstić information content (AvgIpc) is 2.65. The van der Waals surface area contributed by atoms with Crippen molar-refractivity contribution in [1.82, 2.24) is 5.32 Å². The normalized spacial score (nSPS) is 16.5. The number of rotatable bonds is 5. The molecule has 1 atom stereocenters. The lowest BCUT2D eigenvalue weighted by molar-refractivity contribution is -0.126. The van der Waals surface area contributed by atoms with E-state index in [0.29, 0.717) is 36.6 Å². The summed E-state index contributed by atoms with van der Waals surface area (Å²) in [6, 6.07) is 11.1. The van der Waals surface area contributed by atoms with Crippen molar-refractivity contribution in [3.63, 3.8) is 0 Å². The highest BCUT2D eigenvalue weighted by Gasteiger charge is 2.24. The van der Waals surface area contributed by atoms with E-state index in [-0.39, 0.29) is 23.5 Å². The minimum absolute atomic E-state index is 0.0254. The summed E-state index contributed by atoms with van der Waals surface area (Å²) in [5.74, 6) is -0.323. The van der Waals surface area contributed by atoms with Crippen LogP contribution < -0.4 is 20.1 Å². The third kappa shape index (κ3) is 4.11. The Morgan fingerprint density at radius 3 is 2.62 bits per heavy atom. The van der Waals surface area contributed by atoms with E-state index in [4.69, 9.17) is 9.47 Å². The van der Waals surface area contributed by atoms with Crippen molar-refractivity contribution in [2.75, 3.05) is 19.0 Å². The fraction of sp³-hybridized carbons (Fsp3) is 0.263. The van der Waals surface area contributed by atoms with Crippen molar-refractivity contribution >= 4 is 17.5 Å². The molecular formula is C19H19FN2O4. The number of anilines is 1. The van der Waals surface area contributed by atoms with Gasteiger partial charge in [-0.1, -0.05) is 12.1 Å². The molecule has 0 saturated carbocycles. The molecule has 0 radical (unpaired) electrons. The van der Waals surface area contributed by atoms with Gasteiger partial charge in [-0.05, 0) is 30.7 Å². The van der Waals surface area contributed by atoms with E-state index in [2.05, 4.69) is 10.6 Å². The van der Waals surface area contributed by atoms with E-state index in [1.807, 2.05) is 0 Å². The van der Waals surface area contributed by atoms with Crippen molar-refractivity contribution in [3.05, 3.63) is 48.3 Å². The third-order valence-corrected chi connectivity index (χ3v) is 4.12. The van der Waals surface area contributed by atoms with E-state index in [9.17, 15) is 14.0 Å². The molecular weight excluding hydrogens is 339 g/mol. The van der Waals surface area contributed by atoms with Crippen LogP contribution in [0, 0.1) is 11.7 Å². The number of hydrogen-bond acceptors (Lipinski definition) is 4. The number of carbonyl (C=O) groups is 2. The van der Waals surface area contributed by atoms with Gasteiger partial charge in [0.2, 0.25) is 11.8 Å². The zero-order chi connectivity index (χ0) is 18.5. The predicted molar refractivity (Wildman–Crippen MR) is 93.8 cm³/mol. The number of nitrogens with one attached hydrogen (secondary N) is 2. The van der Waals surface area contributed by atoms with Gasteiger partial charge >= 0.3 is 0 Å². The fourth-order valence-corrected chi connectivity index (χ4v) is 2.68. The monoisotopic (exact) mass is 358 g/mol. The molecule has 2 amide bonds. The topological polar surface area (TPSA) is 76.7 Å². The van der Waals surface area contributed by atoms with E-state index in [1.165, 1.54) is 19.2 Å². The maximum atomic E-state index is 14.3. The van der Waals surface area contributed by atoms with Crippen molar-refractivity contribution in [3.8, 4) is 17.2 Å². The van der Waals surface area contributed by atoms with Gasteiger partial charge in [0.05, 0.1) is 13.0 Å². The van der Waals surface area contributed by atoms with Crippen LogP contribution in [0.4, 0.5) is 10.1 Å². The summed E-state index contributed by atoms with van der Waals surface area (Å²) >= 11 is 0. The Balaban J connectivity index is 1.67. The first-order valence-electron chi connectivity index (χ1n) is 8.25. The average molecular weight is 358 g/mol. The molecule has 3 rings (SSSR count). The van der Waals surface area contributed by atoms with Gasteiger partial charge in [0.15, 0.2) is 23.1 Å². The number of halogens is 1. The van der Waals surface area contributed by atoms with Gasteiger partial charge in [-0.15, -0.1) is 0 Å². The van der Waals surface area contributed by atoms with Crippen LogP contribution in [0.1, 0.15) is 12.8 Å². The van der Waals surface area contributed by atoms with Crippen molar-refractivity contribution in [2.45, 2.75) is 12.8 Å². The molecule has 0 spiro atoms. The minimum Gasteiger partial charge on any atom is -0.493 e. The fourth-order valence-electron chi connectivity index (χ4n) is 2.68. The second-order valence-electron chi connectivity index (χ2n) is 5.93. The molecule has 0 unspecified atom stereocenters. The second kappa shape index (κ2) is 7.86. The summed E-state index contributed by atoms with van der Waals surface area (Å²) in [6.45, 7) is 0.294. The molecule has 1 saturated heterocycles. The zero-order valence-corrected chi connectivity index (χ0v) is 14.3. The molecule has 2 aromatic rings. The van der Waals surface area contributed by atoms with Gasteiger partial charge in [-0.3, -0.25) is 9.59 Å². The Kier molecular flexibility index (Phi) is 5.36. The SMILES string of the molecule is COc1ccccc1Oc1ccc(NC(=O)[C@H]2CCC(=O)NC2)cc1F. The maximum absolute atomic E-state index is 14.3. The van der Waals surface area contributed by atoms with Gasteiger partial charge in [-0.2, -0.15) is 0 Å². The number of benzene rings is 2. The van der Waals surface area contributed by atoms with Crippen molar-refractivity contribution < 1.29 is 23.5 Å². The lowest BCUT2D eigenvalue weighted by Gasteiger charge is -2.21. The van der Waals surface area contributed by atoms with Gasteiger partial charge in [0.1, 0.15) is 0 Å². The van der Waals surface area contributed by atoms with Crippen LogP contribution >= 0.6 is 0 Å². The van der Waals surface area contributed by atoms with Gasteiger partial charge in [0.25, 0.3) is 0 Å². The molecule has 1 aliphatic heterocycles. The van der Waals surface area contributed by atoms with Crippen LogP contribution in [-0.4, -0.2) is 25.5 Å². The molecule has 1 heterocycles. The largest absolute Gasteiger partial charge is 0.493 e. The number of piperidine rings is 1. The standard InChI is InChI=1S/C19H19FN2O4/c1-25-16-4-2-3-5-17(16)26-15-8-7-13(10-14(15)20)22-19(24)12-6-9-18(23)21-11-12/h2-5,7-8,10,12H,6,9,11H2,1H3,(H,21,23)(H,22,24)/t12-/m0/s1. The maximum Gasteiger partial charge on any atom is 0.229 e. The Labute approximate surface area is 150 Å². The lowest BCUT2D eigenvalue weighted by atomic mass is 9.98. The highest BCUT2D eigenvalue weighted by atomic mass is 19.1. The van der Waals surface area contributed by atoms with E-state index in [0.717, 1.165) is 0 Å². The van der Waals surface area contributed by atoms with E-state index in [1.54, 1.807) is 30.3 Å². The molecule has 26 heavy (non-hydrogen) atoms. The smallest absolute Gasteiger partial charge is 0.229 e. The lowest BCUT2D eigenvalue weighted by Crippen LogP contribution is -2.40. The Morgan fingerprint density at radius 2 is 1.96 bits per heavy atom. The number of amides is 2. The molecule has 6 nitrogen and oxygen atoms in total. The summed E-state index contributed by atoms with van der Waals surface area (Å²) < 4.78 is 25.1. The summed E-state index contributed by atoms with van der Waals surface area (Å²) in [4.78, 5) is 23.4. The quantitative estimate of drug-likeness (QED) is 0.861. The van der Waals surface area contributed by atoms with Crippen molar-refractivity contribution in [2.24, 2.45) is 5.92 Å². The summed E-state index contributed by atoms with van der Waals surface area (Å²) in [5, 5.41) is 5.32. The summed E-state index contributed by atoms with van der Waals surface area (Å²) in [6.07, 6.45) is 0.799. The third-order valence-electron chi connectivity index (χ3n) is 4.12. The van der Waals surface area contributed by atoms with Gasteiger partial charge in [0, 0.05) is 24.7 Å². The van der Waals surface area contributed by atoms with Crippen LogP contribution in [0.3, 0.4) is 0 Å². The molecule has 7 heteroatoms. The number of carbonyl (C=O) groups excluding carboxylic acids is 2. The summed E-state index contributed by atoms with van der Waals surface area (Å²) in [5.41, 5.74) is 0.330. The molecule has 2 aromatic carbocycles. The minimum atomic E-state index is -0.606. The Hall–Kier alpha value is -3.09. The first-order valence-corrected chi connectivity index (χ1v) is 8.25. The Bertz CT molecular complexity index is 815. The van der Waals surface area contributed by atoms with Crippen LogP contribution in [0.15, 0.2) is 42.5 Å². The Morgan fingerprint density at radius 1 is 1.19 bits per heavy atom. The number of hydrogen-bond donors (Lipinski definition) is 2. The van der Waals surface area contributed by atoms with Crippen molar-refractivity contribution in [1.29, 1.82) is 0 Å². The van der Waals surface area contributed by atoms with Crippen LogP contribution in [0.5, 0.6) is 17.2 Å². The molecule has 0 aromatic heterocycles.